The van der Waals surface area contributed by atoms with Crippen LogP contribution in [0.4, 0.5) is 5.69 Å². The van der Waals surface area contributed by atoms with Crippen LogP contribution in [-0.4, -0.2) is 18.0 Å². The van der Waals surface area contributed by atoms with E-state index in [2.05, 4.69) is 6.07 Å². The van der Waals surface area contributed by atoms with Crippen molar-refractivity contribution >= 4 is 34.7 Å². The average molecular weight is 484 g/mol. The number of nitrogens with two attached hydrogens (primary N) is 1. The predicted octanol–water partition coefficient (Wildman–Crippen LogP) is 5.65. The summed E-state index contributed by atoms with van der Waals surface area (Å²) in [5.41, 5.74) is 8.90. The van der Waals surface area contributed by atoms with Gasteiger partial charge in [-0.2, -0.15) is 5.26 Å². The number of rotatable bonds is 3. The van der Waals surface area contributed by atoms with Crippen LogP contribution >= 0.6 is 23.2 Å². The Bertz CT molecular complexity index is 1270. The minimum Gasteiger partial charge on any atom is -0.504 e. The summed E-state index contributed by atoms with van der Waals surface area (Å²) in [5.74, 6) is -0.341. The van der Waals surface area contributed by atoms with Crippen LogP contribution in [0.15, 0.2) is 59.1 Å². The minimum absolute atomic E-state index is 0.0348. The molecular weight excluding hydrogens is 461 g/mol. The number of carbonyl (C=O) groups excluding carboxylic acids is 1. The van der Waals surface area contributed by atoms with Gasteiger partial charge in [-0.25, -0.2) is 0 Å². The standard InChI is InChI=1S/C25H23Cl2N3O3/c1-25(2)10-18-23(20(32)11-25)22(13-4-7-19(31)21(8-13)33-3)15(12-28)24(29)30(18)17-6-5-14(26)9-16(17)27/h4-9,22,31H,10-11,29H2,1-3H3. The summed E-state index contributed by atoms with van der Waals surface area (Å²) < 4.78 is 5.26. The van der Waals surface area contributed by atoms with E-state index in [0.717, 1.165) is 0 Å². The van der Waals surface area contributed by atoms with Gasteiger partial charge >= 0.3 is 0 Å². The van der Waals surface area contributed by atoms with Crippen molar-refractivity contribution in [2.45, 2.75) is 32.6 Å². The first-order valence-corrected chi connectivity index (χ1v) is 11.1. The van der Waals surface area contributed by atoms with Crippen molar-refractivity contribution in [3.8, 4) is 17.6 Å². The van der Waals surface area contributed by atoms with Crippen LogP contribution in [0, 0.1) is 16.7 Å². The van der Waals surface area contributed by atoms with Gasteiger partial charge in [-0.1, -0.05) is 43.1 Å². The number of allylic oxidation sites excluding steroid dienone is 3. The number of carbonyl (C=O) groups is 1. The Labute approximate surface area is 202 Å². The lowest BCUT2D eigenvalue weighted by Crippen LogP contribution is -2.42. The van der Waals surface area contributed by atoms with Gasteiger partial charge in [0.2, 0.25) is 0 Å². The van der Waals surface area contributed by atoms with Crippen LogP contribution < -0.4 is 15.4 Å². The lowest BCUT2D eigenvalue weighted by Gasteiger charge is -2.44. The first-order valence-electron chi connectivity index (χ1n) is 10.4. The number of aromatic hydroxyl groups is 1. The largest absolute Gasteiger partial charge is 0.504 e. The molecule has 0 spiro atoms. The van der Waals surface area contributed by atoms with Crippen molar-refractivity contribution in [2.75, 3.05) is 12.0 Å². The molecule has 1 atom stereocenters. The third-order valence-electron chi connectivity index (χ3n) is 6.07. The van der Waals surface area contributed by atoms with E-state index in [4.69, 9.17) is 33.7 Å². The van der Waals surface area contributed by atoms with Crippen LogP contribution in [0.1, 0.15) is 38.2 Å². The zero-order chi connectivity index (χ0) is 24.1. The Morgan fingerprint density at radius 1 is 1.21 bits per heavy atom. The Balaban J connectivity index is 2.02. The van der Waals surface area contributed by atoms with Crippen LogP contribution in [0.25, 0.3) is 0 Å². The molecule has 0 fully saturated rings. The summed E-state index contributed by atoms with van der Waals surface area (Å²) in [6.07, 6.45) is 0.885. The van der Waals surface area contributed by atoms with Gasteiger partial charge in [0.05, 0.1) is 35.4 Å². The Hall–Kier alpha value is -3.14. The molecule has 3 N–H and O–H groups in total. The quantitative estimate of drug-likeness (QED) is 0.584. The Kier molecular flexibility index (Phi) is 5.81. The number of ketones is 1. The lowest BCUT2D eigenvalue weighted by molar-refractivity contribution is -0.118. The number of benzene rings is 2. The van der Waals surface area contributed by atoms with Crippen LogP contribution in [-0.2, 0) is 4.79 Å². The number of ether oxygens (including phenoxy) is 1. The highest BCUT2D eigenvalue weighted by Crippen LogP contribution is 2.51. The number of hydrogen-bond donors (Lipinski definition) is 2. The van der Waals surface area contributed by atoms with Crippen LogP contribution in [0.5, 0.6) is 11.5 Å². The molecule has 1 heterocycles. The fourth-order valence-electron chi connectivity index (χ4n) is 4.65. The highest BCUT2D eigenvalue weighted by atomic mass is 35.5. The number of phenolic OH excluding ortho intramolecular Hbond substituents is 1. The van der Waals surface area contributed by atoms with E-state index in [0.29, 0.717) is 45.4 Å². The summed E-state index contributed by atoms with van der Waals surface area (Å²) in [7, 11) is 1.44. The van der Waals surface area contributed by atoms with Gasteiger partial charge < -0.3 is 15.6 Å². The monoisotopic (exact) mass is 483 g/mol. The van der Waals surface area contributed by atoms with Gasteiger partial charge in [-0.3, -0.25) is 9.69 Å². The van der Waals surface area contributed by atoms with Gasteiger partial charge in [0.25, 0.3) is 0 Å². The number of nitrogens with zero attached hydrogens (tertiary/aromatic N) is 2. The van der Waals surface area contributed by atoms with Crippen molar-refractivity contribution in [3.63, 3.8) is 0 Å². The number of anilines is 1. The molecule has 0 aromatic heterocycles. The maximum Gasteiger partial charge on any atom is 0.162 e. The minimum atomic E-state index is -0.689. The lowest BCUT2D eigenvalue weighted by atomic mass is 9.68. The zero-order valence-electron chi connectivity index (χ0n) is 18.4. The number of nitriles is 1. The third kappa shape index (κ3) is 3.92. The van der Waals surface area contributed by atoms with E-state index < -0.39 is 5.92 Å². The molecule has 6 nitrogen and oxygen atoms in total. The first kappa shape index (κ1) is 23.0. The maximum absolute atomic E-state index is 13.5. The van der Waals surface area contributed by atoms with Crippen molar-refractivity contribution in [3.05, 3.63) is 74.7 Å². The van der Waals surface area contributed by atoms with Gasteiger partial charge in [0.15, 0.2) is 17.3 Å². The molecule has 0 radical (unpaired) electrons. The summed E-state index contributed by atoms with van der Waals surface area (Å²) in [6.45, 7) is 4.04. The fraction of sp³-hybridized carbons (Fsp3) is 0.280. The molecule has 4 rings (SSSR count). The molecule has 8 heteroatoms. The normalized spacial score (nSPS) is 19.9. The van der Waals surface area contributed by atoms with Gasteiger partial charge in [0.1, 0.15) is 5.82 Å². The smallest absolute Gasteiger partial charge is 0.162 e. The van der Waals surface area contributed by atoms with E-state index in [1.807, 2.05) is 13.8 Å². The Morgan fingerprint density at radius 3 is 2.58 bits per heavy atom. The topological polar surface area (TPSA) is 99.6 Å². The Morgan fingerprint density at radius 2 is 1.94 bits per heavy atom. The van der Waals surface area contributed by atoms with Crippen LogP contribution in [0.3, 0.4) is 0 Å². The molecule has 0 bridgehead atoms. The van der Waals surface area contributed by atoms with Crippen molar-refractivity contribution in [2.24, 2.45) is 11.1 Å². The second-order valence-electron chi connectivity index (χ2n) is 9.01. The summed E-state index contributed by atoms with van der Waals surface area (Å²) in [4.78, 5) is 15.2. The summed E-state index contributed by atoms with van der Waals surface area (Å²) in [6, 6.07) is 12.0. The predicted molar refractivity (Wildman–Crippen MR) is 128 cm³/mol. The molecule has 1 unspecified atom stereocenters. The summed E-state index contributed by atoms with van der Waals surface area (Å²) in [5, 5.41) is 21.0. The second kappa shape index (κ2) is 8.33. The van der Waals surface area contributed by atoms with Gasteiger partial charge in [-0.15, -0.1) is 0 Å². The average Bonchev–Trinajstić information content (AvgIpc) is 2.73. The highest BCUT2D eigenvalue weighted by Gasteiger charge is 2.45. The number of methoxy groups -OCH3 is 1. The fourth-order valence-corrected chi connectivity index (χ4v) is 5.15. The zero-order valence-corrected chi connectivity index (χ0v) is 20.0. The molecule has 1 aliphatic heterocycles. The maximum atomic E-state index is 13.5. The number of Topliss-reactive ketones (excluding diaryl/α,β-unsaturated/α-hetero) is 1. The van der Waals surface area contributed by atoms with E-state index in [-0.39, 0.29) is 34.1 Å². The van der Waals surface area contributed by atoms with Crippen molar-refractivity contribution in [1.29, 1.82) is 5.26 Å². The molecule has 0 saturated carbocycles. The molecule has 2 aromatic rings. The first-order chi connectivity index (χ1) is 15.6. The van der Waals surface area contributed by atoms with E-state index in [1.165, 1.54) is 13.2 Å². The number of hydrogen-bond acceptors (Lipinski definition) is 6. The molecule has 2 aromatic carbocycles. The van der Waals surface area contributed by atoms with Gasteiger partial charge in [-0.05, 0) is 47.7 Å². The SMILES string of the molecule is COc1cc(C2C(C#N)=C(N)N(c3ccc(Cl)cc3Cl)C3=C2C(=O)CC(C)(C)C3)ccc1O. The molecule has 33 heavy (non-hydrogen) atoms. The van der Waals surface area contributed by atoms with Crippen molar-refractivity contribution in [1.82, 2.24) is 0 Å². The number of halogens is 2. The van der Waals surface area contributed by atoms with Crippen LogP contribution in [0.2, 0.25) is 10.0 Å². The summed E-state index contributed by atoms with van der Waals surface area (Å²) >= 11 is 12.6. The number of phenols is 1. The van der Waals surface area contributed by atoms with E-state index >= 15 is 0 Å². The molecule has 0 saturated heterocycles. The third-order valence-corrected chi connectivity index (χ3v) is 6.61. The molecule has 1 aliphatic carbocycles. The van der Waals surface area contributed by atoms with Crippen molar-refractivity contribution < 1.29 is 14.6 Å². The van der Waals surface area contributed by atoms with Gasteiger partial charge in [0, 0.05) is 22.7 Å². The molecule has 0 amide bonds. The highest BCUT2D eigenvalue weighted by molar-refractivity contribution is 6.36. The second-order valence-corrected chi connectivity index (χ2v) is 9.85. The van der Waals surface area contributed by atoms with E-state index in [1.54, 1.807) is 35.2 Å². The van der Waals surface area contributed by atoms with E-state index in [9.17, 15) is 15.2 Å². The molecule has 170 valence electrons. The molecule has 2 aliphatic rings. The molecular formula is C25H23Cl2N3O3.